The van der Waals surface area contributed by atoms with Crippen LogP contribution in [0.25, 0.3) is 0 Å². The maximum absolute atomic E-state index is 12.8. The number of aryl methyl sites for hydroxylation is 1. The Morgan fingerprint density at radius 2 is 2.29 bits per heavy atom. The zero-order chi connectivity index (χ0) is 16.5. The van der Waals surface area contributed by atoms with E-state index in [0.29, 0.717) is 13.2 Å². The lowest BCUT2D eigenvalue weighted by atomic mass is 9.99. The highest BCUT2D eigenvalue weighted by Crippen LogP contribution is 2.35. The molecule has 3 atom stereocenters. The van der Waals surface area contributed by atoms with Gasteiger partial charge in [-0.3, -0.25) is 4.79 Å². The minimum atomic E-state index is -0.256. The Hall–Kier alpha value is -2.34. The Labute approximate surface area is 140 Å². The van der Waals surface area contributed by atoms with E-state index in [0.717, 1.165) is 30.1 Å². The van der Waals surface area contributed by atoms with E-state index in [-0.39, 0.29) is 24.0 Å². The number of nitrogens with one attached hydrogen (secondary N) is 1. The van der Waals surface area contributed by atoms with Crippen LogP contribution >= 0.6 is 0 Å². The number of ether oxygens (including phenoxy) is 2. The molecule has 0 unspecified atom stereocenters. The van der Waals surface area contributed by atoms with Gasteiger partial charge >= 0.3 is 0 Å². The van der Waals surface area contributed by atoms with Crippen LogP contribution in [0.1, 0.15) is 36.8 Å². The van der Waals surface area contributed by atoms with Crippen LogP contribution in [0.15, 0.2) is 36.7 Å². The summed E-state index contributed by atoms with van der Waals surface area (Å²) in [6, 6.07) is 7.66. The molecule has 6 heteroatoms. The Morgan fingerprint density at radius 1 is 1.42 bits per heavy atom. The van der Waals surface area contributed by atoms with Crippen molar-refractivity contribution in [2.45, 2.75) is 38.0 Å². The topological polar surface area (TPSA) is 65.4 Å². The summed E-state index contributed by atoms with van der Waals surface area (Å²) in [7, 11) is 0. The van der Waals surface area contributed by atoms with Crippen molar-refractivity contribution in [3.05, 3.63) is 48.0 Å². The SMILES string of the molecule is CCn1ccnc1[C@H]1OCC[C@@H]1NC(=O)[C@H]1COc2ccccc21. The minimum absolute atomic E-state index is 0.00458. The molecule has 0 saturated carbocycles. The van der Waals surface area contributed by atoms with Crippen molar-refractivity contribution < 1.29 is 14.3 Å². The number of amides is 1. The van der Waals surface area contributed by atoms with Crippen molar-refractivity contribution in [1.29, 1.82) is 0 Å². The first-order valence-corrected chi connectivity index (χ1v) is 8.42. The highest BCUT2D eigenvalue weighted by atomic mass is 16.5. The minimum Gasteiger partial charge on any atom is -0.492 e. The van der Waals surface area contributed by atoms with E-state index in [2.05, 4.69) is 21.8 Å². The first kappa shape index (κ1) is 15.2. The lowest BCUT2D eigenvalue weighted by Crippen LogP contribution is -2.40. The predicted octanol–water partition coefficient (Wildman–Crippen LogP) is 2.03. The van der Waals surface area contributed by atoms with Crippen molar-refractivity contribution in [3.8, 4) is 5.75 Å². The number of carbonyl (C=O) groups excluding carboxylic acids is 1. The molecule has 126 valence electrons. The fraction of sp³-hybridized carbons (Fsp3) is 0.444. The maximum atomic E-state index is 12.8. The van der Waals surface area contributed by atoms with Crippen LogP contribution in [0.4, 0.5) is 0 Å². The number of hydrogen-bond acceptors (Lipinski definition) is 4. The summed E-state index contributed by atoms with van der Waals surface area (Å²) in [4.78, 5) is 17.2. The van der Waals surface area contributed by atoms with E-state index < -0.39 is 0 Å². The molecule has 0 spiro atoms. The van der Waals surface area contributed by atoms with Gasteiger partial charge in [0.15, 0.2) is 0 Å². The standard InChI is InChI=1S/C18H21N3O3/c1-2-21-9-8-19-17(21)16-14(7-10-23-16)20-18(22)13-11-24-15-6-4-3-5-12(13)15/h3-6,8-9,13-14,16H,2,7,10-11H2,1H3,(H,20,22)/t13-,14-,16-/m0/s1. The average Bonchev–Trinajstić information content (AvgIpc) is 3.32. The fourth-order valence-corrected chi connectivity index (χ4v) is 3.50. The fourth-order valence-electron chi connectivity index (χ4n) is 3.50. The third kappa shape index (κ3) is 2.57. The largest absolute Gasteiger partial charge is 0.492 e. The molecule has 6 nitrogen and oxygen atoms in total. The molecule has 0 aliphatic carbocycles. The first-order valence-electron chi connectivity index (χ1n) is 8.42. The van der Waals surface area contributed by atoms with Gasteiger partial charge in [-0.1, -0.05) is 18.2 Å². The molecular weight excluding hydrogens is 306 g/mol. The Balaban J connectivity index is 1.50. The van der Waals surface area contributed by atoms with Gasteiger partial charge in [0.25, 0.3) is 0 Å². The van der Waals surface area contributed by atoms with E-state index in [1.54, 1.807) is 6.20 Å². The molecule has 0 radical (unpaired) electrons. The Morgan fingerprint density at radius 3 is 3.17 bits per heavy atom. The molecule has 2 aliphatic rings. The second-order valence-electron chi connectivity index (χ2n) is 6.17. The zero-order valence-electron chi connectivity index (χ0n) is 13.6. The van der Waals surface area contributed by atoms with Gasteiger partial charge in [-0.2, -0.15) is 0 Å². The van der Waals surface area contributed by atoms with Crippen LogP contribution in [0, 0.1) is 0 Å². The van der Waals surface area contributed by atoms with Crippen molar-refractivity contribution in [1.82, 2.24) is 14.9 Å². The molecule has 24 heavy (non-hydrogen) atoms. The number of hydrogen-bond donors (Lipinski definition) is 1. The Bertz CT molecular complexity index is 743. The maximum Gasteiger partial charge on any atom is 0.231 e. The number of rotatable bonds is 4. The van der Waals surface area contributed by atoms with Crippen LogP contribution in [-0.2, 0) is 16.1 Å². The molecule has 4 rings (SSSR count). The van der Waals surface area contributed by atoms with Crippen molar-refractivity contribution in [2.24, 2.45) is 0 Å². The number of para-hydroxylation sites is 1. The summed E-state index contributed by atoms with van der Waals surface area (Å²) >= 11 is 0. The smallest absolute Gasteiger partial charge is 0.231 e. The third-order valence-corrected chi connectivity index (χ3v) is 4.78. The van der Waals surface area contributed by atoms with E-state index >= 15 is 0 Å². The summed E-state index contributed by atoms with van der Waals surface area (Å²) in [5.74, 6) is 1.42. The van der Waals surface area contributed by atoms with Gasteiger partial charge in [0.05, 0.1) is 6.04 Å². The van der Waals surface area contributed by atoms with E-state index in [9.17, 15) is 4.79 Å². The normalized spacial score (nSPS) is 25.3. The summed E-state index contributed by atoms with van der Waals surface area (Å²) in [5, 5.41) is 3.15. The zero-order valence-corrected chi connectivity index (χ0v) is 13.6. The number of benzene rings is 1. The summed E-state index contributed by atoms with van der Waals surface area (Å²) in [6.45, 7) is 3.93. The van der Waals surface area contributed by atoms with Crippen LogP contribution in [0.5, 0.6) is 5.75 Å². The number of carbonyl (C=O) groups is 1. The summed E-state index contributed by atoms with van der Waals surface area (Å²) < 4.78 is 13.5. The molecule has 1 N–H and O–H groups in total. The van der Waals surface area contributed by atoms with E-state index in [1.165, 1.54) is 0 Å². The van der Waals surface area contributed by atoms with Crippen LogP contribution < -0.4 is 10.1 Å². The molecule has 1 amide bonds. The molecule has 1 aromatic carbocycles. The molecular formula is C18H21N3O3. The van der Waals surface area contributed by atoms with Gasteiger partial charge in [0, 0.05) is 31.1 Å². The van der Waals surface area contributed by atoms with E-state index in [1.807, 2.05) is 30.5 Å². The van der Waals surface area contributed by atoms with Crippen molar-refractivity contribution in [3.63, 3.8) is 0 Å². The van der Waals surface area contributed by atoms with Gasteiger partial charge in [0.1, 0.15) is 30.2 Å². The van der Waals surface area contributed by atoms with Crippen LogP contribution in [0.3, 0.4) is 0 Å². The Kier molecular flexibility index (Phi) is 3.98. The molecule has 1 fully saturated rings. The van der Waals surface area contributed by atoms with Gasteiger partial charge in [0.2, 0.25) is 5.91 Å². The summed E-state index contributed by atoms with van der Waals surface area (Å²) in [5.41, 5.74) is 0.959. The summed E-state index contributed by atoms with van der Waals surface area (Å²) in [6.07, 6.45) is 4.32. The average molecular weight is 327 g/mol. The van der Waals surface area contributed by atoms with E-state index in [4.69, 9.17) is 9.47 Å². The monoisotopic (exact) mass is 327 g/mol. The lowest BCUT2D eigenvalue weighted by Gasteiger charge is -2.21. The number of imidazole rings is 1. The molecule has 1 aromatic heterocycles. The first-order chi connectivity index (χ1) is 11.8. The van der Waals surface area contributed by atoms with Gasteiger partial charge in [-0.15, -0.1) is 0 Å². The van der Waals surface area contributed by atoms with Crippen molar-refractivity contribution >= 4 is 5.91 Å². The number of nitrogens with zero attached hydrogens (tertiary/aromatic N) is 2. The second-order valence-corrected chi connectivity index (χ2v) is 6.17. The highest BCUT2D eigenvalue weighted by molar-refractivity contribution is 5.85. The lowest BCUT2D eigenvalue weighted by molar-refractivity contribution is -0.123. The molecule has 2 aliphatic heterocycles. The third-order valence-electron chi connectivity index (χ3n) is 4.78. The predicted molar refractivity (Wildman–Crippen MR) is 87.8 cm³/mol. The van der Waals surface area contributed by atoms with Gasteiger partial charge < -0.3 is 19.4 Å². The highest BCUT2D eigenvalue weighted by Gasteiger charge is 2.37. The quantitative estimate of drug-likeness (QED) is 0.933. The molecule has 1 saturated heterocycles. The second kappa shape index (κ2) is 6.28. The van der Waals surface area contributed by atoms with Gasteiger partial charge in [-0.05, 0) is 19.4 Å². The number of aromatic nitrogens is 2. The van der Waals surface area contributed by atoms with Crippen LogP contribution in [0.2, 0.25) is 0 Å². The van der Waals surface area contributed by atoms with Crippen molar-refractivity contribution in [2.75, 3.05) is 13.2 Å². The number of fused-ring (bicyclic) bond motifs is 1. The van der Waals surface area contributed by atoms with Crippen LogP contribution in [-0.4, -0.2) is 34.7 Å². The molecule has 0 bridgehead atoms. The molecule has 2 aromatic rings. The molecule has 3 heterocycles. The van der Waals surface area contributed by atoms with Gasteiger partial charge in [-0.25, -0.2) is 4.98 Å².